The number of urea groups is 1. The number of hydrogen-bond donors (Lipinski definition) is 3. The highest BCUT2D eigenvalue weighted by Gasteiger charge is 2.31. The molecular formula is C15H12F4N2O3. The lowest BCUT2D eigenvalue weighted by molar-refractivity contribution is -0.274. The maximum Gasteiger partial charge on any atom is 0.573 e. The van der Waals surface area contributed by atoms with Crippen LogP contribution in [0.5, 0.6) is 5.75 Å². The van der Waals surface area contributed by atoms with E-state index in [0.717, 1.165) is 24.3 Å². The van der Waals surface area contributed by atoms with E-state index in [1.165, 1.54) is 18.2 Å². The standard InChI is InChI=1S/C15H12F4N2O3/c16-10-5-4-9(8-22)13(6-10)21-14(23)20-11-2-1-3-12(7-11)24-15(17,18)19/h1-7,22H,8H2,(H2,20,21,23). The second-order valence-corrected chi connectivity index (χ2v) is 4.61. The topological polar surface area (TPSA) is 70.6 Å². The van der Waals surface area contributed by atoms with E-state index in [9.17, 15) is 22.4 Å². The minimum Gasteiger partial charge on any atom is -0.406 e. The molecule has 0 unspecified atom stereocenters. The van der Waals surface area contributed by atoms with Gasteiger partial charge in [0, 0.05) is 17.3 Å². The molecule has 2 amide bonds. The van der Waals surface area contributed by atoms with Crippen LogP contribution in [0.15, 0.2) is 42.5 Å². The van der Waals surface area contributed by atoms with Crippen molar-refractivity contribution >= 4 is 17.4 Å². The van der Waals surface area contributed by atoms with Crippen molar-refractivity contribution in [1.29, 1.82) is 0 Å². The van der Waals surface area contributed by atoms with Gasteiger partial charge in [-0.05, 0) is 24.3 Å². The Morgan fingerprint density at radius 1 is 1.12 bits per heavy atom. The molecule has 0 heterocycles. The van der Waals surface area contributed by atoms with Crippen molar-refractivity contribution in [1.82, 2.24) is 0 Å². The molecule has 0 saturated heterocycles. The van der Waals surface area contributed by atoms with Gasteiger partial charge in [-0.3, -0.25) is 0 Å². The van der Waals surface area contributed by atoms with Crippen LogP contribution in [0.3, 0.4) is 0 Å². The number of benzene rings is 2. The molecule has 2 aromatic carbocycles. The average molecular weight is 344 g/mol. The van der Waals surface area contributed by atoms with E-state index < -0.39 is 30.6 Å². The molecule has 24 heavy (non-hydrogen) atoms. The number of nitrogens with one attached hydrogen (secondary N) is 2. The molecule has 0 aliphatic carbocycles. The Morgan fingerprint density at radius 3 is 2.54 bits per heavy atom. The molecule has 2 rings (SSSR count). The Balaban J connectivity index is 2.08. The molecule has 0 aromatic heterocycles. The van der Waals surface area contributed by atoms with Gasteiger partial charge in [-0.2, -0.15) is 0 Å². The zero-order valence-corrected chi connectivity index (χ0v) is 12.0. The molecule has 5 nitrogen and oxygen atoms in total. The number of anilines is 2. The van der Waals surface area contributed by atoms with Crippen LogP contribution in [0.4, 0.5) is 33.7 Å². The number of rotatable bonds is 4. The molecular weight excluding hydrogens is 332 g/mol. The minimum atomic E-state index is -4.85. The number of carbonyl (C=O) groups excluding carboxylic acids is 1. The first kappa shape index (κ1) is 17.5. The highest BCUT2D eigenvalue weighted by molar-refractivity contribution is 6.00. The number of halogens is 4. The van der Waals surface area contributed by atoms with Gasteiger partial charge in [0.2, 0.25) is 0 Å². The summed E-state index contributed by atoms with van der Waals surface area (Å²) >= 11 is 0. The first-order valence-corrected chi connectivity index (χ1v) is 6.60. The van der Waals surface area contributed by atoms with E-state index >= 15 is 0 Å². The summed E-state index contributed by atoms with van der Waals surface area (Å²) in [5, 5.41) is 13.7. The first-order chi connectivity index (χ1) is 11.3. The third-order valence-corrected chi connectivity index (χ3v) is 2.82. The molecule has 0 atom stereocenters. The highest BCUT2D eigenvalue weighted by Crippen LogP contribution is 2.25. The van der Waals surface area contributed by atoms with E-state index in [1.54, 1.807) is 0 Å². The minimum absolute atomic E-state index is 0.0381. The molecule has 0 spiro atoms. The van der Waals surface area contributed by atoms with Gasteiger partial charge in [0.25, 0.3) is 0 Å². The zero-order valence-electron chi connectivity index (χ0n) is 12.0. The van der Waals surface area contributed by atoms with Crippen LogP contribution in [-0.4, -0.2) is 17.5 Å². The summed E-state index contributed by atoms with van der Waals surface area (Å²) in [6, 6.07) is 7.27. The Bertz CT molecular complexity index is 735. The van der Waals surface area contributed by atoms with E-state index in [4.69, 9.17) is 5.11 Å². The predicted octanol–water partition coefficient (Wildman–Crippen LogP) is 3.86. The van der Waals surface area contributed by atoms with Crippen molar-refractivity contribution < 1.29 is 32.2 Å². The quantitative estimate of drug-likeness (QED) is 0.738. The van der Waals surface area contributed by atoms with Crippen LogP contribution in [0.2, 0.25) is 0 Å². The van der Waals surface area contributed by atoms with Gasteiger partial charge in [-0.25, -0.2) is 9.18 Å². The SMILES string of the molecule is O=C(Nc1cccc(OC(F)(F)F)c1)Nc1cc(F)ccc1CO. The molecule has 2 aromatic rings. The smallest absolute Gasteiger partial charge is 0.406 e. The van der Waals surface area contributed by atoms with E-state index in [1.807, 2.05) is 0 Å². The molecule has 9 heteroatoms. The largest absolute Gasteiger partial charge is 0.573 e. The molecule has 128 valence electrons. The van der Waals surface area contributed by atoms with Crippen molar-refractivity contribution in [3.63, 3.8) is 0 Å². The van der Waals surface area contributed by atoms with Crippen molar-refractivity contribution in [2.75, 3.05) is 10.6 Å². The monoisotopic (exact) mass is 344 g/mol. The Morgan fingerprint density at radius 2 is 1.88 bits per heavy atom. The van der Waals surface area contributed by atoms with Crippen LogP contribution in [0, 0.1) is 5.82 Å². The second kappa shape index (κ2) is 7.18. The van der Waals surface area contributed by atoms with Crippen LogP contribution in [0.1, 0.15) is 5.56 Å². The number of aliphatic hydroxyl groups is 1. The van der Waals surface area contributed by atoms with Gasteiger partial charge >= 0.3 is 12.4 Å². The number of carbonyl (C=O) groups is 1. The summed E-state index contributed by atoms with van der Waals surface area (Å²) in [5.41, 5.74) is 0.356. The molecule has 0 fully saturated rings. The van der Waals surface area contributed by atoms with Crippen LogP contribution in [0.25, 0.3) is 0 Å². The molecule has 0 radical (unpaired) electrons. The normalized spacial score (nSPS) is 11.0. The number of alkyl halides is 3. The lowest BCUT2D eigenvalue weighted by Gasteiger charge is -2.12. The van der Waals surface area contributed by atoms with Crippen LogP contribution in [-0.2, 0) is 6.61 Å². The number of aliphatic hydroxyl groups excluding tert-OH is 1. The summed E-state index contributed by atoms with van der Waals surface area (Å²) in [7, 11) is 0. The summed E-state index contributed by atoms with van der Waals surface area (Å²) < 4.78 is 53.4. The van der Waals surface area contributed by atoms with Gasteiger partial charge < -0.3 is 20.5 Å². The Hall–Kier alpha value is -2.81. The average Bonchev–Trinajstić information content (AvgIpc) is 2.46. The molecule has 0 saturated carbocycles. The maximum atomic E-state index is 13.2. The summed E-state index contributed by atoms with van der Waals surface area (Å²) in [6.45, 7) is -0.426. The first-order valence-electron chi connectivity index (χ1n) is 6.60. The van der Waals surface area contributed by atoms with Crippen molar-refractivity contribution in [2.24, 2.45) is 0 Å². The van der Waals surface area contributed by atoms with Crippen molar-refractivity contribution in [2.45, 2.75) is 13.0 Å². The predicted molar refractivity (Wildman–Crippen MR) is 78.1 cm³/mol. The van der Waals surface area contributed by atoms with E-state index in [0.29, 0.717) is 0 Å². The highest BCUT2D eigenvalue weighted by atomic mass is 19.4. The van der Waals surface area contributed by atoms with E-state index in [-0.39, 0.29) is 16.9 Å². The molecule has 3 N–H and O–H groups in total. The van der Waals surface area contributed by atoms with Gasteiger partial charge in [0.15, 0.2) is 0 Å². The Kier molecular flexibility index (Phi) is 5.24. The second-order valence-electron chi connectivity index (χ2n) is 4.61. The molecule has 0 aliphatic rings. The van der Waals surface area contributed by atoms with Gasteiger partial charge in [-0.15, -0.1) is 13.2 Å². The van der Waals surface area contributed by atoms with E-state index in [2.05, 4.69) is 15.4 Å². The van der Waals surface area contributed by atoms with Crippen LogP contribution >= 0.6 is 0 Å². The summed E-state index contributed by atoms with van der Waals surface area (Å²) in [4.78, 5) is 11.9. The fourth-order valence-corrected chi connectivity index (χ4v) is 1.86. The summed E-state index contributed by atoms with van der Waals surface area (Å²) in [6.07, 6.45) is -4.85. The third kappa shape index (κ3) is 5.13. The number of ether oxygens (including phenoxy) is 1. The summed E-state index contributed by atoms with van der Waals surface area (Å²) in [5.74, 6) is -1.12. The maximum absolute atomic E-state index is 13.2. The van der Waals surface area contributed by atoms with Gasteiger partial charge in [0.05, 0.1) is 12.3 Å². The Labute approximate surface area is 133 Å². The molecule has 0 bridgehead atoms. The lowest BCUT2D eigenvalue weighted by atomic mass is 10.2. The fraction of sp³-hybridized carbons (Fsp3) is 0.133. The molecule has 0 aliphatic heterocycles. The zero-order chi connectivity index (χ0) is 17.7. The fourth-order valence-electron chi connectivity index (χ4n) is 1.86. The van der Waals surface area contributed by atoms with Gasteiger partial charge in [0.1, 0.15) is 11.6 Å². The van der Waals surface area contributed by atoms with Crippen molar-refractivity contribution in [3.8, 4) is 5.75 Å². The number of amides is 2. The lowest BCUT2D eigenvalue weighted by Crippen LogP contribution is -2.21. The van der Waals surface area contributed by atoms with Crippen molar-refractivity contribution in [3.05, 3.63) is 53.8 Å². The van der Waals surface area contributed by atoms with Gasteiger partial charge in [-0.1, -0.05) is 12.1 Å². The number of hydrogen-bond acceptors (Lipinski definition) is 3. The van der Waals surface area contributed by atoms with Crippen LogP contribution < -0.4 is 15.4 Å². The third-order valence-electron chi connectivity index (χ3n) is 2.82.